The van der Waals surface area contributed by atoms with Crippen LogP contribution in [-0.2, 0) is 4.74 Å². The van der Waals surface area contributed by atoms with E-state index < -0.39 is 5.97 Å². The number of carbonyl (C=O) groups is 2. The molecule has 0 fully saturated rings. The first-order valence-electron chi connectivity index (χ1n) is 8.10. The van der Waals surface area contributed by atoms with Gasteiger partial charge in [0.1, 0.15) is 5.76 Å². The summed E-state index contributed by atoms with van der Waals surface area (Å²) in [5.41, 5.74) is 2.64. The van der Waals surface area contributed by atoms with Gasteiger partial charge in [-0.3, -0.25) is 4.79 Å². The number of anilines is 1. The number of ether oxygens (including phenoxy) is 1. The number of aryl methyl sites for hydroxylation is 1. The minimum Gasteiger partial charge on any atom is -0.465 e. The van der Waals surface area contributed by atoms with E-state index in [1.165, 1.54) is 7.11 Å². The van der Waals surface area contributed by atoms with E-state index in [1.54, 1.807) is 55.5 Å². The molecule has 1 aromatic heterocycles. The summed E-state index contributed by atoms with van der Waals surface area (Å²) < 4.78 is 9.61. The van der Waals surface area contributed by atoms with Crippen LogP contribution in [0.2, 0.25) is 0 Å². The molecule has 0 spiro atoms. The lowest BCUT2D eigenvalue weighted by molar-refractivity contribution is 0.0600. The number of aromatic nitrogens is 1. The Morgan fingerprint density at radius 1 is 1.04 bits per heavy atom. The largest absolute Gasteiger partial charge is 0.465 e. The zero-order valence-electron chi connectivity index (χ0n) is 14.8. The highest BCUT2D eigenvalue weighted by molar-refractivity contribution is 6.02. The first kappa shape index (κ1) is 18.0. The Kier molecular flexibility index (Phi) is 5.33. The predicted molar refractivity (Wildman–Crippen MR) is 99.4 cm³/mol. The maximum atomic E-state index is 12.1. The summed E-state index contributed by atoms with van der Waals surface area (Å²) in [6.07, 6.45) is 0. The van der Waals surface area contributed by atoms with E-state index in [1.807, 2.05) is 6.07 Å². The van der Waals surface area contributed by atoms with E-state index in [0.717, 1.165) is 0 Å². The number of nitrogens with zero attached hydrogens (tertiary/aromatic N) is 1. The van der Waals surface area contributed by atoms with E-state index in [4.69, 9.17) is 9.26 Å². The second-order valence-corrected chi connectivity index (χ2v) is 5.68. The SMILES string of the molecule is COC(=O)c1cccc(C#Cc2cccc(NC(=O)c3cc(C)on3)c2)c1. The van der Waals surface area contributed by atoms with Crippen molar-refractivity contribution in [2.45, 2.75) is 6.92 Å². The van der Waals surface area contributed by atoms with Crippen molar-refractivity contribution in [1.29, 1.82) is 0 Å². The number of esters is 1. The van der Waals surface area contributed by atoms with Crippen LogP contribution < -0.4 is 5.32 Å². The van der Waals surface area contributed by atoms with Crippen molar-refractivity contribution in [3.8, 4) is 11.8 Å². The highest BCUT2D eigenvalue weighted by Crippen LogP contribution is 2.12. The number of nitrogens with one attached hydrogen (secondary N) is 1. The summed E-state index contributed by atoms with van der Waals surface area (Å²) in [6.45, 7) is 1.72. The minimum atomic E-state index is -0.411. The summed E-state index contributed by atoms with van der Waals surface area (Å²) in [7, 11) is 1.33. The number of benzene rings is 2. The van der Waals surface area contributed by atoms with E-state index >= 15 is 0 Å². The second kappa shape index (κ2) is 8.02. The molecule has 0 aliphatic rings. The molecule has 0 atom stereocenters. The summed E-state index contributed by atoms with van der Waals surface area (Å²) in [5.74, 6) is 5.81. The third-order valence-corrected chi connectivity index (χ3v) is 3.62. The molecule has 27 heavy (non-hydrogen) atoms. The topological polar surface area (TPSA) is 81.4 Å². The molecule has 6 nitrogen and oxygen atoms in total. The standard InChI is InChI=1S/C21H16N2O4/c1-14-11-19(23-27-14)20(24)22-18-8-4-6-16(13-18)10-9-15-5-3-7-17(12-15)21(25)26-2/h3-8,11-13H,1-2H3,(H,22,24). The van der Waals surface area contributed by atoms with Gasteiger partial charge in [0.25, 0.3) is 5.91 Å². The van der Waals surface area contributed by atoms with Gasteiger partial charge in [-0.15, -0.1) is 0 Å². The number of amides is 1. The first-order chi connectivity index (χ1) is 13.0. The third-order valence-electron chi connectivity index (χ3n) is 3.62. The number of hydrogen-bond donors (Lipinski definition) is 1. The average molecular weight is 360 g/mol. The van der Waals surface area contributed by atoms with Crippen LogP contribution in [0.4, 0.5) is 5.69 Å². The fourth-order valence-corrected chi connectivity index (χ4v) is 2.33. The van der Waals surface area contributed by atoms with Gasteiger partial charge in [-0.2, -0.15) is 0 Å². The molecular weight excluding hydrogens is 344 g/mol. The van der Waals surface area contributed by atoms with Crippen molar-refractivity contribution in [3.63, 3.8) is 0 Å². The zero-order valence-corrected chi connectivity index (χ0v) is 14.8. The first-order valence-corrected chi connectivity index (χ1v) is 8.10. The molecular formula is C21H16N2O4. The lowest BCUT2D eigenvalue weighted by Gasteiger charge is -2.03. The van der Waals surface area contributed by atoms with Gasteiger partial charge in [0.05, 0.1) is 12.7 Å². The molecule has 0 radical (unpaired) electrons. The Balaban J connectivity index is 1.76. The highest BCUT2D eigenvalue weighted by Gasteiger charge is 2.11. The molecule has 134 valence electrons. The molecule has 0 unspecified atom stereocenters. The molecule has 1 heterocycles. The number of rotatable bonds is 3. The molecule has 0 aliphatic heterocycles. The van der Waals surface area contributed by atoms with Gasteiger partial charge in [0.15, 0.2) is 5.69 Å². The Labute approximate surface area is 156 Å². The molecule has 0 bridgehead atoms. The highest BCUT2D eigenvalue weighted by atomic mass is 16.5. The maximum Gasteiger partial charge on any atom is 0.337 e. The van der Waals surface area contributed by atoms with Crippen LogP contribution in [-0.4, -0.2) is 24.1 Å². The number of hydrogen-bond acceptors (Lipinski definition) is 5. The third kappa shape index (κ3) is 4.61. The van der Waals surface area contributed by atoms with Crippen molar-refractivity contribution in [2.75, 3.05) is 12.4 Å². The van der Waals surface area contributed by atoms with Crippen LogP contribution in [0.3, 0.4) is 0 Å². The molecule has 3 rings (SSSR count). The van der Waals surface area contributed by atoms with Crippen LogP contribution >= 0.6 is 0 Å². The van der Waals surface area contributed by atoms with Gasteiger partial charge in [0, 0.05) is 22.9 Å². The Morgan fingerprint density at radius 2 is 1.74 bits per heavy atom. The van der Waals surface area contributed by atoms with E-state index in [2.05, 4.69) is 22.3 Å². The van der Waals surface area contributed by atoms with Crippen molar-refractivity contribution < 1.29 is 18.8 Å². The normalized spacial score (nSPS) is 9.85. The van der Waals surface area contributed by atoms with Gasteiger partial charge in [-0.05, 0) is 43.3 Å². The van der Waals surface area contributed by atoms with E-state index in [9.17, 15) is 9.59 Å². The van der Waals surface area contributed by atoms with Gasteiger partial charge < -0.3 is 14.6 Å². The van der Waals surface area contributed by atoms with Crippen LogP contribution in [0.1, 0.15) is 37.7 Å². The number of methoxy groups -OCH3 is 1. The molecule has 0 saturated carbocycles. The van der Waals surface area contributed by atoms with Crippen molar-refractivity contribution in [2.24, 2.45) is 0 Å². The van der Waals surface area contributed by atoms with Crippen molar-refractivity contribution in [1.82, 2.24) is 5.16 Å². The Hall–Kier alpha value is -3.85. The molecule has 0 aliphatic carbocycles. The quantitative estimate of drug-likeness (QED) is 0.572. The molecule has 6 heteroatoms. The molecule has 1 amide bonds. The van der Waals surface area contributed by atoms with Crippen LogP contribution in [0.25, 0.3) is 0 Å². The summed E-state index contributed by atoms with van der Waals surface area (Å²) in [5, 5.41) is 6.44. The Morgan fingerprint density at radius 3 is 2.41 bits per heavy atom. The summed E-state index contributed by atoms with van der Waals surface area (Å²) in [6, 6.07) is 15.6. The molecule has 3 aromatic rings. The monoisotopic (exact) mass is 360 g/mol. The van der Waals surface area contributed by atoms with Crippen LogP contribution in [0.15, 0.2) is 59.1 Å². The fourth-order valence-electron chi connectivity index (χ4n) is 2.33. The molecule has 1 N–H and O–H groups in total. The maximum absolute atomic E-state index is 12.1. The average Bonchev–Trinajstić information content (AvgIpc) is 3.13. The van der Waals surface area contributed by atoms with Crippen LogP contribution in [0.5, 0.6) is 0 Å². The van der Waals surface area contributed by atoms with Crippen molar-refractivity contribution in [3.05, 3.63) is 82.7 Å². The number of carbonyl (C=O) groups excluding carboxylic acids is 2. The lowest BCUT2D eigenvalue weighted by atomic mass is 10.1. The summed E-state index contributed by atoms with van der Waals surface area (Å²) in [4.78, 5) is 23.7. The van der Waals surface area contributed by atoms with E-state index in [0.29, 0.717) is 28.1 Å². The fraction of sp³-hybridized carbons (Fsp3) is 0.0952. The van der Waals surface area contributed by atoms with Gasteiger partial charge >= 0.3 is 5.97 Å². The molecule has 2 aromatic carbocycles. The predicted octanol–water partition coefficient (Wildman–Crippen LogP) is 3.42. The second-order valence-electron chi connectivity index (χ2n) is 5.68. The Bertz CT molecular complexity index is 1060. The van der Waals surface area contributed by atoms with Gasteiger partial charge in [-0.25, -0.2) is 4.79 Å². The van der Waals surface area contributed by atoms with E-state index in [-0.39, 0.29) is 11.6 Å². The van der Waals surface area contributed by atoms with Crippen LogP contribution in [0, 0.1) is 18.8 Å². The summed E-state index contributed by atoms with van der Waals surface area (Å²) >= 11 is 0. The minimum absolute atomic E-state index is 0.212. The zero-order chi connectivity index (χ0) is 19.2. The molecule has 0 saturated heterocycles. The van der Waals surface area contributed by atoms with Crippen molar-refractivity contribution >= 4 is 17.6 Å². The smallest absolute Gasteiger partial charge is 0.337 e. The lowest BCUT2D eigenvalue weighted by Crippen LogP contribution is -2.12. The van der Waals surface area contributed by atoms with Gasteiger partial charge in [-0.1, -0.05) is 29.1 Å². The van der Waals surface area contributed by atoms with Gasteiger partial charge in [0.2, 0.25) is 0 Å².